The van der Waals surface area contributed by atoms with E-state index in [1.165, 1.54) is 0 Å². The van der Waals surface area contributed by atoms with Crippen molar-refractivity contribution in [1.82, 2.24) is 10.2 Å². The molecule has 1 unspecified atom stereocenters. The smallest absolute Gasteiger partial charge is 0.245 e. The first-order chi connectivity index (χ1) is 8.00. The summed E-state index contributed by atoms with van der Waals surface area (Å²) in [7, 11) is 0. The molecule has 0 spiro atoms. The molecule has 0 aromatic rings. The number of hydrogen-bond donors (Lipinski definition) is 2. The first kappa shape index (κ1) is 13.9. The number of carbonyl (C=O) groups excluding carboxylic acids is 2. The molecule has 0 radical (unpaired) electrons. The Labute approximate surface area is 105 Å². The van der Waals surface area contributed by atoms with E-state index in [0.717, 1.165) is 0 Å². The van der Waals surface area contributed by atoms with Crippen LogP contribution in [0.5, 0.6) is 0 Å². The van der Waals surface area contributed by atoms with Gasteiger partial charge in [0.2, 0.25) is 11.8 Å². The van der Waals surface area contributed by atoms with Gasteiger partial charge < -0.3 is 20.7 Å². The van der Waals surface area contributed by atoms with Crippen molar-refractivity contribution in [3.8, 4) is 0 Å². The van der Waals surface area contributed by atoms with Gasteiger partial charge in [-0.1, -0.05) is 12.2 Å². The van der Waals surface area contributed by atoms with E-state index in [-0.39, 0.29) is 23.2 Å². The third kappa shape index (κ3) is 4.66. The molecule has 1 saturated heterocycles. The van der Waals surface area contributed by atoms with E-state index < -0.39 is 6.04 Å². The molecule has 0 saturated carbocycles. The first-order valence-corrected chi connectivity index (χ1v) is 5.85. The lowest BCUT2D eigenvalue weighted by atomic mass is 10.2. The summed E-state index contributed by atoms with van der Waals surface area (Å²) in [5, 5.41) is 2.57. The van der Waals surface area contributed by atoms with Gasteiger partial charge in [0.15, 0.2) is 0 Å². The number of amides is 2. The van der Waals surface area contributed by atoms with Crippen LogP contribution in [0.3, 0.4) is 0 Å². The number of ether oxygens (including phenoxy) is 1. The topological polar surface area (TPSA) is 84.7 Å². The maximum atomic E-state index is 11.9. The zero-order valence-corrected chi connectivity index (χ0v) is 10.6. The summed E-state index contributed by atoms with van der Waals surface area (Å²) in [5.41, 5.74) is 5.25. The molecular weight excluding hydrogens is 242 g/mol. The number of morpholine rings is 1. The van der Waals surface area contributed by atoms with Crippen LogP contribution in [-0.4, -0.2) is 54.0 Å². The van der Waals surface area contributed by atoms with E-state index in [4.69, 9.17) is 10.5 Å². The van der Waals surface area contributed by atoms with Crippen molar-refractivity contribution in [2.24, 2.45) is 5.73 Å². The lowest BCUT2D eigenvalue weighted by molar-refractivity contribution is -0.139. The van der Waals surface area contributed by atoms with Crippen molar-refractivity contribution in [3.05, 3.63) is 0 Å². The minimum atomic E-state index is -0.560. The SMILES string of the molecule is CC(NC(=O)CC(N)=S)C(=O)N1CCOCC1. The predicted molar refractivity (Wildman–Crippen MR) is 66.4 cm³/mol. The van der Waals surface area contributed by atoms with E-state index in [9.17, 15) is 9.59 Å². The fourth-order valence-electron chi connectivity index (χ4n) is 1.57. The Hall–Kier alpha value is -1.21. The number of nitrogens with two attached hydrogens (primary N) is 1. The Balaban J connectivity index is 2.40. The minimum Gasteiger partial charge on any atom is -0.393 e. The Kier molecular flexibility index (Phi) is 5.30. The molecule has 1 fully saturated rings. The standard InChI is InChI=1S/C10H17N3O3S/c1-7(12-9(14)6-8(11)17)10(15)13-2-4-16-5-3-13/h7H,2-6H2,1H3,(H2,11,17)(H,12,14). The van der Waals surface area contributed by atoms with Crippen molar-refractivity contribution in [3.63, 3.8) is 0 Å². The Bertz CT molecular complexity index is 316. The second-order valence-electron chi connectivity index (χ2n) is 3.87. The average molecular weight is 259 g/mol. The van der Waals surface area contributed by atoms with Crippen molar-refractivity contribution < 1.29 is 14.3 Å². The number of thiocarbonyl (C=S) groups is 1. The normalized spacial score (nSPS) is 17.4. The van der Waals surface area contributed by atoms with Crippen LogP contribution in [0.15, 0.2) is 0 Å². The maximum Gasteiger partial charge on any atom is 0.245 e. The highest BCUT2D eigenvalue weighted by Gasteiger charge is 2.23. The second kappa shape index (κ2) is 6.51. The summed E-state index contributed by atoms with van der Waals surface area (Å²) in [4.78, 5) is 25.1. The van der Waals surface area contributed by atoms with Crippen LogP contribution in [-0.2, 0) is 14.3 Å². The fraction of sp³-hybridized carbons (Fsp3) is 0.700. The number of hydrogen-bond acceptors (Lipinski definition) is 4. The third-order valence-electron chi connectivity index (χ3n) is 2.41. The highest BCUT2D eigenvalue weighted by molar-refractivity contribution is 7.80. The molecule has 0 aliphatic carbocycles. The number of nitrogens with one attached hydrogen (secondary N) is 1. The highest BCUT2D eigenvalue weighted by Crippen LogP contribution is 2.00. The van der Waals surface area contributed by atoms with Crippen LogP contribution in [0.2, 0.25) is 0 Å². The van der Waals surface area contributed by atoms with E-state index in [1.54, 1.807) is 11.8 Å². The van der Waals surface area contributed by atoms with Crippen LogP contribution >= 0.6 is 12.2 Å². The minimum absolute atomic E-state index is 0.0317. The molecule has 3 N–H and O–H groups in total. The van der Waals surface area contributed by atoms with Crippen molar-refractivity contribution >= 4 is 29.0 Å². The van der Waals surface area contributed by atoms with E-state index in [2.05, 4.69) is 17.5 Å². The summed E-state index contributed by atoms with van der Waals surface area (Å²) in [6.45, 7) is 3.86. The van der Waals surface area contributed by atoms with Gasteiger partial charge in [0.25, 0.3) is 0 Å². The summed E-state index contributed by atoms with van der Waals surface area (Å²) in [5.74, 6) is -0.434. The van der Waals surface area contributed by atoms with Crippen LogP contribution in [0, 0.1) is 0 Å². The van der Waals surface area contributed by atoms with Gasteiger partial charge in [-0.3, -0.25) is 9.59 Å². The lowest BCUT2D eigenvalue weighted by Gasteiger charge is -2.29. The van der Waals surface area contributed by atoms with E-state index >= 15 is 0 Å². The number of nitrogens with zero attached hydrogens (tertiary/aromatic N) is 1. The third-order valence-corrected chi connectivity index (χ3v) is 2.55. The zero-order chi connectivity index (χ0) is 12.8. The molecule has 17 heavy (non-hydrogen) atoms. The molecular formula is C10H17N3O3S. The number of carbonyl (C=O) groups is 2. The highest BCUT2D eigenvalue weighted by atomic mass is 32.1. The average Bonchev–Trinajstić information content (AvgIpc) is 2.28. The predicted octanol–water partition coefficient (Wildman–Crippen LogP) is -0.974. The molecule has 0 bridgehead atoms. The molecule has 1 atom stereocenters. The van der Waals surface area contributed by atoms with Gasteiger partial charge in [-0.15, -0.1) is 0 Å². The summed E-state index contributed by atoms with van der Waals surface area (Å²) >= 11 is 4.62. The van der Waals surface area contributed by atoms with Gasteiger partial charge in [-0.25, -0.2) is 0 Å². The van der Waals surface area contributed by atoms with Gasteiger partial charge in [-0.2, -0.15) is 0 Å². The molecule has 0 aromatic heterocycles. The quantitative estimate of drug-likeness (QED) is 0.634. The van der Waals surface area contributed by atoms with E-state index in [0.29, 0.717) is 26.3 Å². The fourth-order valence-corrected chi connectivity index (χ4v) is 1.70. The van der Waals surface area contributed by atoms with Crippen molar-refractivity contribution in [2.45, 2.75) is 19.4 Å². The van der Waals surface area contributed by atoms with Gasteiger partial charge in [0.05, 0.1) is 24.6 Å². The Morgan fingerprint density at radius 2 is 2.06 bits per heavy atom. The van der Waals surface area contributed by atoms with Crippen molar-refractivity contribution in [1.29, 1.82) is 0 Å². The molecule has 1 aliphatic rings. The first-order valence-electron chi connectivity index (χ1n) is 5.45. The molecule has 1 heterocycles. The molecule has 7 heteroatoms. The van der Waals surface area contributed by atoms with Crippen molar-refractivity contribution in [2.75, 3.05) is 26.3 Å². The van der Waals surface area contributed by atoms with Gasteiger partial charge in [0, 0.05) is 13.1 Å². The second-order valence-corrected chi connectivity index (χ2v) is 4.39. The maximum absolute atomic E-state index is 11.9. The van der Waals surface area contributed by atoms with Gasteiger partial charge >= 0.3 is 0 Å². The van der Waals surface area contributed by atoms with Gasteiger partial charge in [0.1, 0.15) is 6.04 Å². The lowest BCUT2D eigenvalue weighted by Crippen LogP contribution is -2.50. The molecule has 6 nitrogen and oxygen atoms in total. The van der Waals surface area contributed by atoms with Crippen LogP contribution in [0.4, 0.5) is 0 Å². The molecule has 1 aliphatic heterocycles. The Morgan fingerprint density at radius 3 is 2.59 bits per heavy atom. The van der Waals surface area contributed by atoms with Crippen LogP contribution < -0.4 is 11.1 Å². The molecule has 1 rings (SSSR count). The van der Waals surface area contributed by atoms with Gasteiger partial charge in [-0.05, 0) is 6.92 Å². The summed E-state index contributed by atoms with van der Waals surface area (Å²) < 4.78 is 5.15. The largest absolute Gasteiger partial charge is 0.393 e. The Morgan fingerprint density at radius 1 is 1.47 bits per heavy atom. The number of rotatable bonds is 4. The molecule has 2 amide bonds. The zero-order valence-electron chi connectivity index (χ0n) is 9.77. The molecule has 0 aromatic carbocycles. The molecule has 96 valence electrons. The van der Waals surface area contributed by atoms with E-state index in [1.807, 2.05) is 0 Å². The van der Waals surface area contributed by atoms with Crippen LogP contribution in [0.1, 0.15) is 13.3 Å². The van der Waals surface area contributed by atoms with Crippen LogP contribution in [0.25, 0.3) is 0 Å². The monoisotopic (exact) mass is 259 g/mol. The summed E-state index contributed by atoms with van der Waals surface area (Å²) in [6.07, 6.45) is -0.0317. The summed E-state index contributed by atoms with van der Waals surface area (Å²) in [6, 6.07) is -0.560.